The van der Waals surface area contributed by atoms with Crippen LogP contribution in [-0.2, 0) is 4.74 Å². The summed E-state index contributed by atoms with van der Waals surface area (Å²) < 4.78 is 7.84. The average Bonchev–Trinajstić information content (AvgIpc) is 3.11. The summed E-state index contributed by atoms with van der Waals surface area (Å²) in [6.07, 6.45) is 0.493. The number of ether oxygens (including phenoxy) is 1. The zero-order chi connectivity index (χ0) is 20.9. The lowest BCUT2D eigenvalue weighted by atomic mass is 9.98. The molecule has 0 saturated heterocycles. The zero-order valence-electron chi connectivity index (χ0n) is 18.1. The van der Waals surface area contributed by atoms with E-state index < -0.39 is 0 Å². The van der Waals surface area contributed by atoms with Crippen LogP contribution >= 0.6 is 0 Å². The van der Waals surface area contributed by atoms with Crippen molar-refractivity contribution in [2.75, 3.05) is 37.7 Å². The number of hydrogen-bond acceptors (Lipinski definition) is 3. The van der Waals surface area contributed by atoms with E-state index in [0.29, 0.717) is 13.0 Å². The van der Waals surface area contributed by atoms with Gasteiger partial charge in [0, 0.05) is 37.0 Å². The molecule has 0 aliphatic carbocycles. The molecule has 0 atom stereocenters. The predicted molar refractivity (Wildman–Crippen MR) is 123 cm³/mol. The molecule has 0 N–H and O–H groups in total. The van der Waals surface area contributed by atoms with Crippen LogP contribution in [0.25, 0.3) is 10.8 Å². The van der Waals surface area contributed by atoms with Crippen LogP contribution in [-0.4, -0.2) is 43.1 Å². The molecule has 4 nitrogen and oxygen atoms in total. The lowest BCUT2D eigenvalue weighted by Gasteiger charge is -2.23. The Balaban J connectivity index is 0.00000272. The molecule has 4 rings (SSSR count). The van der Waals surface area contributed by atoms with Gasteiger partial charge >= 0.3 is 0 Å². The van der Waals surface area contributed by atoms with Crippen molar-refractivity contribution < 1.29 is 21.7 Å². The van der Waals surface area contributed by atoms with E-state index in [1.807, 2.05) is 6.92 Å². The molecule has 1 aliphatic heterocycles. The Hall–Kier alpha value is -2.87. The standard InChI is InChI=1S/C26H28N3O.ClH/c1-3-28(18-19-30-4-2)22-14-12-21(13-15-22)26-23-10-5-8-20-9-6-11-24(25(20)23)29(26)17-7-16-27;/h5-6,8-15H,3-4,7,17-19H2,1-2H3;1H/q+1;/p-1. The largest absolute Gasteiger partial charge is 1.00 e. The average molecular weight is 434 g/mol. The van der Waals surface area contributed by atoms with E-state index in [4.69, 9.17) is 4.74 Å². The van der Waals surface area contributed by atoms with E-state index in [1.165, 1.54) is 39.0 Å². The van der Waals surface area contributed by atoms with E-state index in [0.717, 1.165) is 26.3 Å². The van der Waals surface area contributed by atoms with Gasteiger partial charge in [-0.3, -0.25) is 0 Å². The molecule has 0 fully saturated rings. The quantitative estimate of drug-likeness (QED) is 0.383. The molecule has 3 aromatic rings. The number of nitrogens with zero attached hydrogens (tertiary/aromatic N) is 3. The number of nitriles is 1. The second-order valence-electron chi connectivity index (χ2n) is 7.41. The van der Waals surface area contributed by atoms with Gasteiger partial charge in [-0.25, -0.2) is 0 Å². The van der Waals surface area contributed by atoms with E-state index in [1.54, 1.807) is 0 Å². The van der Waals surface area contributed by atoms with Crippen molar-refractivity contribution in [2.45, 2.75) is 20.3 Å². The molecule has 3 aromatic carbocycles. The Bertz CT molecular complexity index is 1110. The topological polar surface area (TPSA) is 39.3 Å². The Morgan fingerprint density at radius 1 is 1.00 bits per heavy atom. The van der Waals surface area contributed by atoms with Crippen LogP contribution in [0.5, 0.6) is 0 Å². The minimum Gasteiger partial charge on any atom is -1.00 e. The third kappa shape index (κ3) is 4.44. The van der Waals surface area contributed by atoms with Crippen molar-refractivity contribution in [1.29, 1.82) is 5.26 Å². The highest BCUT2D eigenvalue weighted by molar-refractivity contribution is 6.22. The second-order valence-corrected chi connectivity index (χ2v) is 7.41. The highest BCUT2D eigenvalue weighted by atomic mass is 35.5. The Morgan fingerprint density at radius 3 is 2.42 bits per heavy atom. The van der Waals surface area contributed by atoms with Crippen LogP contribution < -0.4 is 17.3 Å². The summed E-state index contributed by atoms with van der Waals surface area (Å²) in [7, 11) is 0. The lowest BCUT2D eigenvalue weighted by molar-refractivity contribution is -0.434. The van der Waals surface area contributed by atoms with Gasteiger partial charge < -0.3 is 22.0 Å². The van der Waals surface area contributed by atoms with Gasteiger partial charge in [0.05, 0.1) is 30.0 Å². The van der Waals surface area contributed by atoms with Gasteiger partial charge in [-0.15, -0.1) is 0 Å². The molecule has 0 aromatic heterocycles. The normalized spacial score (nSPS) is 12.0. The van der Waals surface area contributed by atoms with Crippen LogP contribution in [0.3, 0.4) is 0 Å². The zero-order valence-corrected chi connectivity index (χ0v) is 18.9. The first-order chi connectivity index (χ1) is 14.8. The highest BCUT2D eigenvalue weighted by Crippen LogP contribution is 2.37. The second kappa shape index (κ2) is 10.4. The number of rotatable bonds is 9. The maximum atomic E-state index is 9.21. The van der Waals surface area contributed by atoms with Gasteiger partial charge in [0.25, 0.3) is 0 Å². The number of hydrogen-bond donors (Lipinski definition) is 0. The van der Waals surface area contributed by atoms with Gasteiger partial charge in [0.1, 0.15) is 0 Å². The van der Waals surface area contributed by atoms with Crippen LogP contribution in [0.15, 0.2) is 60.7 Å². The van der Waals surface area contributed by atoms with Crippen molar-refractivity contribution in [2.24, 2.45) is 0 Å². The predicted octanol–water partition coefficient (Wildman–Crippen LogP) is 2.12. The van der Waals surface area contributed by atoms with Crippen LogP contribution in [0.2, 0.25) is 0 Å². The van der Waals surface area contributed by atoms with Crippen molar-refractivity contribution in [3.8, 4) is 6.07 Å². The van der Waals surface area contributed by atoms with Crippen LogP contribution in [0.1, 0.15) is 31.4 Å². The fraction of sp³-hybridized carbons (Fsp3) is 0.308. The molecule has 0 unspecified atom stereocenters. The fourth-order valence-electron chi connectivity index (χ4n) is 4.33. The van der Waals surface area contributed by atoms with Crippen LogP contribution in [0, 0.1) is 11.3 Å². The fourth-order valence-corrected chi connectivity index (χ4v) is 4.33. The summed E-state index contributed by atoms with van der Waals surface area (Å²) in [5.41, 5.74) is 6.03. The highest BCUT2D eigenvalue weighted by Gasteiger charge is 2.32. The Kier molecular flexibility index (Phi) is 7.68. The molecule has 0 spiro atoms. The number of halogens is 1. The molecule has 1 heterocycles. The monoisotopic (exact) mass is 433 g/mol. The molecule has 0 bridgehead atoms. The van der Waals surface area contributed by atoms with Gasteiger partial charge in [-0.2, -0.15) is 9.84 Å². The molecule has 160 valence electrons. The maximum Gasteiger partial charge on any atom is 0.221 e. The van der Waals surface area contributed by atoms with E-state index in [9.17, 15) is 5.26 Å². The van der Waals surface area contributed by atoms with E-state index >= 15 is 0 Å². The third-order valence-corrected chi connectivity index (χ3v) is 5.74. The smallest absolute Gasteiger partial charge is 0.221 e. The van der Waals surface area contributed by atoms with E-state index in [-0.39, 0.29) is 12.4 Å². The molecule has 0 amide bonds. The van der Waals surface area contributed by atoms with Gasteiger partial charge in [-0.1, -0.05) is 24.3 Å². The first-order valence-corrected chi connectivity index (χ1v) is 10.7. The third-order valence-electron chi connectivity index (χ3n) is 5.74. The molecule has 0 saturated carbocycles. The molecular formula is C26H28ClN3O. The Morgan fingerprint density at radius 2 is 1.74 bits per heavy atom. The van der Waals surface area contributed by atoms with Crippen molar-refractivity contribution in [1.82, 2.24) is 0 Å². The summed E-state index contributed by atoms with van der Waals surface area (Å²) >= 11 is 0. The first-order valence-electron chi connectivity index (χ1n) is 10.7. The van der Waals surface area contributed by atoms with Crippen molar-refractivity contribution in [3.63, 3.8) is 0 Å². The Labute approximate surface area is 190 Å². The lowest BCUT2D eigenvalue weighted by Crippen LogP contribution is -3.00. The summed E-state index contributed by atoms with van der Waals surface area (Å²) in [6.45, 7) is 8.22. The molecular weight excluding hydrogens is 406 g/mol. The molecule has 1 aliphatic rings. The SMILES string of the molecule is CCOCCN(CC)c1ccc(C2=[N+](CCC#N)c3cccc4cccc2c34)cc1.[Cl-]. The number of anilines is 1. The molecule has 0 radical (unpaired) electrons. The molecule has 5 heteroatoms. The van der Waals surface area contributed by atoms with Gasteiger partial charge in [-0.05, 0) is 49.6 Å². The van der Waals surface area contributed by atoms with Gasteiger partial charge in [0.2, 0.25) is 11.4 Å². The maximum absolute atomic E-state index is 9.21. The minimum absolute atomic E-state index is 0. The summed E-state index contributed by atoms with van der Waals surface area (Å²) in [4.78, 5) is 2.33. The summed E-state index contributed by atoms with van der Waals surface area (Å²) in [5, 5.41) is 11.7. The number of benzene rings is 3. The van der Waals surface area contributed by atoms with Gasteiger partial charge in [0.15, 0.2) is 6.54 Å². The van der Waals surface area contributed by atoms with E-state index in [2.05, 4.69) is 83.1 Å². The molecule has 31 heavy (non-hydrogen) atoms. The van der Waals surface area contributed by atoms with Crippen LogP contribution in [0.4, 0.5) is 11.4 Å². The van der Waals surface area contributed by atoms with Crippen molar-refractivity contribution in [3.05, 3.63) is 71.8 Å². The number of likely N-dealkylation sites (N-methyl/N-ethyl adjacent to an activating group) is 1. The summed E-state index contributed by atoms with van der Waals surface area (Å²) in [6, 6.07) is 24.0. The minimum atomic E-state index is 0. The summed E-state index contributed by atoms with van der Waals surface area (Å²) in [5.74, 6) is 0. The first kappa shape index (κ1) is 22.8. The van der Waals surface area contributed by atoms with Crippen molar-refractivity contribution >= 4 is 27.9 Å².